The highest BCUT2D eigenvalue weighted by Crippen LogP contribution is 2.28. The van der Waals surface area contributed by atoms with Crippen molar-refractivity contribution in [3.63, 3.8) is 0 Å². The minimum atomic E-state index is -0.263. The van der Waals surface area contributed by atoms with Crippen LogP contribution in [-0.4, -0.2) is 15.7 Å². The molecule has 2 aliphatic heterocycles. The number of fused-ring (bicyclic) bond motifs is 2. The molecule has 5 heteroatoms. The van der Waals surface area contributed by atoms with Crippen LogP contribution in [0.2, 0.25) is 0 Å². The number of carbonyl (C=O) groups is 1. The molecule has 4 nitrogen and oxygen atoms in total. The van der Waals surface area contributed by atoms with Crippen LogP contribution in [0.25, 0.3) is 22.4 Å². The quantitative estimate of drug-likeness (QED) is 0.496. The number of rotatable bonds is 1. The van der Waals surface area contributed by atoms with Crippen molar-refractivity contribution in [1.29, 1.82) is 0 Å². The zero-order chi connectivity index (χ0) is 15.1. The third-order valence-electron chi connectivity index (χ3n) is 3.48. The van der Waals surface area contributed by atoms with Crippen LogP contribution < -0.4 is 0 Å². The summed E-state index contributed by atoms with van der Waals surface area (Å²) >= 11 is 5.39. The van der Waals surface area contributed by atoms with Gasteiger partial charge in [0.1, 0.15) is 10.2 Å². The zero-order valence-corrected chi connectivity index (χ0v) is 12.2. The number of aromatic nitrogens is 2. The minimum absolute atomic E-state index is 0.263. The van der Waals surface area contributed by atoms with Gasteiger partial charge in [-0.15, -0.1) is 5.10 Å². The first-order valence-electron chi connectivity index (χ1n) is 6.75. The number of hydrogen-bond donors (Lipinski definition) is 0. The van der Waals surface area contributed by atoms with E-state index >= 15 is 0 Å². The molecule has 0 unspecified atom stereocenters. The summed E-state index contributed by atoms with van der Waals surface area (Å²) in [5.74, 6) is 0.106. The Morgan fingerprint density at radius 2 is 1.77 bits per heavy atom. The SMILES string of the molecule is O=C(c1ccccc1)n1nc2oc3ccccc3cc-2c1=S. The summed E-state index contributed by atoms with van der Waals surface area (Å²) in [5, 5.41) is 5.16. The Kier molecular flexibility index (Phi) is 2.87. The normalized spacial score (nSPS) is 11.1. The van der Waals surface area contributed by atoms with Gasteiger partial charge in [0.15, 0.2) is 0 Å². The molecule has 0 radical (unpaired) electrons. The molecule has 106 valence electrons. The number of benzene rings is 2. The molecular formula is C17H10N2O2S. The molecule has 0 fully saturated rings. The summed E-state index contributed by atoms with van der Waals surface area (Å²) in [7, 11) is 0. The van der Waals surface area contributed by atoms with E-state index in [0.717, 1.165) is 5.39 Å². The molecule has 0 N–H and O–H groups in total. The summed E-state index contributed by atoms with van der Waals surface area (Å²) in [6, 6.07) is 18.4. The number of carbonyl (C=O) groups excluding carboxylic acids is 1. The Hall–Kier alpha value is -2.79. The first kappa shape index (κ1) is 12.9. The van der Waals surface area contributed by atoms with E-state index in [9.17, 15) is 4.79 Å². The lowest BCUT2D eigenvalue weighted by Gasteiger charge is -1.99. The molecule has 0 aliphatic carbocycles. The first-order chi connectivity index (χ1) is 10.7. The van der Waals surface area contributed by atoms with Crippen LogP contribution in [0, 0.1) is 4.64 Å². The van der Waals surface area contributed by atoms with E-state index in [-0.39, 0.29) is 5.91 Å². The molecule has 0 amide bonds. The lowest BCUT2D eigenvalue weighted by Crippen LogP contribution is -2.13. The fraction of sp³-hybridized carbons (Fsp3) is 0. The highest BCUT2D eigenvalue weighted by molar-refractivity contribution is 7.71. The maximum absolute atomic E-state index is 12.5. The summed E-state index contributed by atoms with van der Waals surface area (Å²) in [6.45, 7) is 0. The predicted octanol–water partition coefficient (Wildman–Crippen LogP) is 4.15. The van der Waals surface area contributed by atoms with Gasteiger partial charge in [-0.3, -0.25) is 4.79 Å². The van der Waals surface area contributed by atoms with E-state index in [1.54, 1.807) is 24.3 Å². The molecule has 0 spiro atoms. The van der Waals surface area contributed by atoms with Crippen LogP contribution in [0.15, 0.2) is 65.1 Å². The molecular weight excluding hydrogens is 296 g/mol. The van der Waals surface area contributed by atoms with Crippen molar-refractivity contribution < 1.29 is 9.21 Å². The largest absolute Gasteiger partial charge is 0.436 e. The summed E-state index contributed by atoms with van der Waals surface area (Å²) in [6.07, 6.45) is 0. The van der Waals surface area contributed by atoms with Crippen molar-refractivity contribution >= 4 is 29.1 Å². The first-order valence-corrected chi connectivity index (χ1v) is 7.16. The smallest absolute Gasteiger partial charge is 0.279 e. The molecule has 0 saturated carbocycles. The third kappa shape index (κ3) is 1.95. The Morgan fingerprint density at radius 3 is 2.59 bits per heavy atom. The van der Waals surface area contributed by atoms with Gasteiger partial charge in [-0.25, -0.2) is 0 Å². The molecule has 2 heterocycles. The van der Waals surface area contributed by atoms with E-state index in [4.69, 9.17) is 16.6 Å². The van der Waals surface area contributed by atoms with Gasteiger partial charge < -0.3 is 4.42 Å². The van der Waals surface area contributed by atoms with Gasteiger partial charge in [-0.05, 0) is 24.3 Å². The monoisotopic (exact) mass is 306 g/mol. The van der Waals surface area contributed by atoms with Gasteiger partial charge in [-0.1, -0.05) is 48.6 Å². The standard InChI is InChI=1S/C17H10N2O2S/c20-16(11-6-2-1-3-7-11)19-17(22)13-10-12-8-4-5-9-14(12)21-15(13)18-19/h1-10H. The van der Waals surface area contributed by atoms with Gasteiger partial charge in [0, 0.05) is 10.9 Å². The Labute approximate surface area is 131 Å². The van der Waals surface area contributed by atoms with Crippen LogP contribution in [-0.2, 0) is 0 Å². The van der Waals surface area contributed by atoms with E-state index in [0.29, 0.717) is 27.2 Å². The highest BCUT2D eigenvalue weighted by atomic mass is 32.1. The molecule has 0 aromatic heterocycles. The lowest BCUT2D eigenvalue weighted by atomic mass is 10.2. The average molecular weight is 306 g/mol. The van der Waals surface area contributed by atoms with Crippen LogP contribution >= 0.6 is 12.2 Å². The van der Waals surface area contributed by atoms with E-state index in [1.807, 2.05) is 36.4 Å². The Bertz CT molecular complexity index is 1020. The predicted molar refractivity (Wildman–Crippen MR) is 85.6 cm³/mol. The van der Waals surface area contributed by atoms with Crippen molar-refractivity contribution in [3.05, 3.63) is 70.9 Å². The molecule has 0 saturated heterocycles. The van der Waals surface area contributed by atoms with Crippen LogP contribution in [0.5, 0.6) is 0 Å². The fourth-order valence-corrected chi connectivity index (χ4v) is 2.66. The fourth-order valence-electron chi connectivity index (χ4n) is 2.39. The van der Waals surface area contributed by atoms with Crippen molar-refractivity contribution in [2.45, 2.75) is 0 Å². The molecule has 2 aromatic carbocycles. The number of hydrogen-bond acceptors (Lipinski definition) is 4. The average Bonchev–Trinajstić information content (AvgIpc) is 2.89. The van der Waals surface area contributed by atoms with Crippen LogP contribution in [0.4, 0.5) is 0 Å². The number of nitrogens with zero attached hydrogens (tertiary/aromatic N) is 2. The Morgan fingerprint density at radius 1 is 1.05 bits per heavy atom. The molecule has 4 rings (SSSR count). The second kappa shape index (κ2) is 4.89. The minimum Gasteiger partial charge on any atom is -0.436 e. The molecule has 0 atom stereocenters. The van der Waals surface area contributed by atoms with E-state index in [2.05, 4.69) is 5.10 Å². The van der Waals surface area contributed by atoms with Crippen LogP contribution in [0.3, 0.4) is 0 Å². The summed E-state index contributed by atoms with van der Waals surface area (Å²) < 4.78 is 7.32. The Balaban J connectivity index is 1.95. The maximum Gasteiger partial charge on any atom is 0.279 e. The second-order valence-electron chi connectivity index (χ2n) is 4.89. The maximum atomic E-state index is 12.5. The molecule has 22 heavy (non-hydrogen) atoms. The molecule has 2 aromatic rings. The topological polar surface area (TPSA) is 48.0 Å². The van der Waals surface area contributed by atoms with Crippen molar-refractivity contribution in [3.8, 4) is 11.5 Å². The van der Waals surface area contributed by atoms with Crippen molar-refractivity contribution in [2.24, 2.45) is 0 Å². The zero-order valence-electron chi connectivity index (χ0n) is 11.4. The second-order valence-corrected chi connectivity index (χ2v) is 5.28. The molecule has 0 bridgehead atoms. The van der Waals surface area contributed by atoms with Gasteiger partial charge >= 0.3 is 0 Å². The highest BCUT2D eigenvalue weighted by Gasteiger charge is 2.20. The van der Waals surface area contributed by atoms with Gasteiger partial charge in [0.2, 0.25) is 5.89 Å². The van der Waals surface area contributed by atoms with E-state index in [1.165, 1.54) is 4.68 Å². The number of para-hydroxylation sites is 1. The van der Waals surface area contributed by atoms with Gasteiger partial charge in [0.05, 0.1) is 5.56 Å². The summed E-state index contributed by atoms with van der Waals surface area (Å²) in [5.41, 5.74) is 1.91. The molecule has 2 aliphatic rings. The third-order valence-corrected chi connectivity index (χ3v) is 3.88. The van der Waals surface area contributed by atoms with Crippen LogP contribution in [0.1, 0.15) is 10.4 Å². The summed E-state index contributed by atoms with van der Waals surface area (Å²) in [4.78, 5) is 12.5. The van der Waals surface area contributed by atoms with Crippen molar-refractivity contribution in [2.75, 3.05) is 0 Å². The van der Waals surface area contributed by atoms with E-state index < -0.39 is 0 Å². The van der Waals surface area contributed by atoms with Gasteiger partial charge in [0.25, 0.3) is 5.91 Å². The van der Waals surface area contributed by atoms with Crippen molar-refractivity contribution in [1.82, 2.24) is 9.78 Å². The lowest BCUT2D eigenvalue weighted by molar-refractivity contribution is 0.0943. The van der Waals surface area contributed by atoms with Gasteiger partial charge in [-0.2, -0.15) is 4.68 Å².